The topological polar surface area (TPSA) is 126 Å². The molecule has 0 aliphatic carbocycles. The van der Waals surface area contributed by atoms with E-state index in [1.165, 1.54) is 4.57 Å². The minimum Gasteiger partial charge on any atom is -0.395 e. The normalized spacial score (nSPS) is 10.9. The van der Waals surface area contributed by atoms with E-state index >= 15 is 0 Å². The molecule has 0 saturated heterocycles. The van der Waals surface area contributed by atoms with E-state index in [9.17, 15) is 9.59 Å². The first-order valence-corrected chi connectivity index (χ1v) is 8.99. The maximum atomic E-state index is 12.4. The Hall–Kier alpha value is -3.85. The molecule has 146 valence electrons. The number of carbonyl (C=O) groups is 1. The predicted molar refractivity (Wildman–Crippen MR) is 106 cm³/mol. The Kier molecular flexibility index (Phi) is 5.12. The molecule has 0 unspecified atom stereocenters. The lowest BCUT2D eigenvalue weighted by atomic mass is 10.1. The van der Waals surface area contributed by atoms with Gasteiger partial charge in [0.2, 0.25) is 0 Å². The van der Waals surface area contributed by atoms with Gasteiger partial charge in [0.25, 0.3) is 5.91 Å². The highest BCUT2D eigenvalue weighted by molar-refractivity contribution is 5.95. The molecule has 9 heteroatoms. The molecule has 4 rings (SSSR count). The smallest absolute Gasteiger partial charge is 0.329 e. The number of hydrogen-bond donors (Lipinski definition) is 3. The fourth-order valence-electron chi connectivity index (χ4n) is 2.98. The fourth-order valence-corrected chi connectivity index (χ4v) is 2.98. The first kappa shape index (κ1) is 18.5. The van der Waals surface area contributed by atoms with Gasteiger partial charge >= 0.3 is 5.69 Å². The van der Waals surface area contributed by atoms with Gasteiger partial charge in [-0.15, -0.1) is 0 Å². The maximum absolute atomic E-state index is 12.4. The quantitative estimate of drug-likeness (QED) is 0.450. The van der Waals surface area contributed by atoms with E-state index in [1.807, 2.05) is 18.2 Å². The third-order valence-corrected chi connectivity index (χ3v) is 4.36. The van der Waals surface area contributed by atoms with Gasteiger partial charge in [0.15, 0.2) is 11.3 Å². The van der Waals surface area contributed by atoms with Crippen molar-refractivity contribution in [3.63, 3.8) is 0 Å². The van der Waals surface area contributed by atoms with E-state index in [4.69, 9.17) is 5.11 Å². The van der Waals surface area contributed by atoms with Crippen LogP contribution in [0.25, 0.3) is 22.6 Å². The molecule has 29 heavy (non-hydrogen) atoms. The minimum atomic E-state index is -0.307. The van der Waals surface area contributed by atoms with Crippen LogP contribution in [-0.2, 0) is 6.54 Å². The summed E-state index contributed by atoms with van der Waals surface area (Å²) in [4.78, 5) is 40.2. The molecule has 3 heterocycles. The molecule has 1 amide bonds. The van der Waals surface area contributed by atoms with E-state index in [-0.39, 0.29) is 24.7 Å². The number of rotatable bonds is 6. The van der Waals surface area contributed by atoms with Gasteiger partial charge in [-0.25, -0.2) is 14.8 Å². The second-order valence-electron chi connectivity index (χ2n) is 6.37. The number of aliphatic hydroxyl groups excluding tert-OH is 1. The molecule has 0 bridgehead atoms. The summed E-state index contributed by atoms with van der Waals surface area (Å²) < 4.78 is 1.50. The van der Waals surface area contributed by atoms with Crippen LogP contribution in [0.3, 0.4) is 0 Å². The summed E-state index contributed by atoms with van der Waals surface area (Å²) in [6.45, 7) is 0.388. The summed E-state index contributed by atoms with van der Waals surface area (Å²) in [6, 6.07) is 10.6. The van der Waals surface area contributed by atoms with Gasteiger partial charge in [0.1, 0.15) is 0 Å². The van der Waals surface area contributed by atoms with Gasteiger partial charge in [-0.05, 0) is 23.8 Å². The number of amides is 1. The number of H-pyrrole nitrogens is 1. The monoisotopic (exact) mass is 390 g/mol. The second kappa shape index (κ2) is 8.03. The summed E-state index contributed by atoms with van der Waals surface area (Å²) in [5.74, 6) is -0.286. The number of aromatic amines is 1. The zero-order valence-corrected chi connectivity index (χ0v) is 15.4. The average Bonchev–Trinajstić information content (AvgIpc) is 3.07. The van der Waals surface area contributed by atoms with Crippen molar-refractivity contribution in [3.8, 4) is 11.3 Å². The van der Waals surface area contributed by atoms with Gasteiger partial charge in [-0.2, -0.15) is 0 Å². The molecular formula is C20H18N6O3. The molecule has 0 radical (unpaired) electrons. The molecule has 1 aromatic carbocycles. The van der Waals surface area contributed by atoms with Crippen molar-refractivity contribution in [2.24, 2.45) is 0 Å². The average molecular weight is 390 g/mol. The van der Waals surface area contributed by atoms with E-state index < -0.39 is 0 Å². The van der Waals surface area contributed by atoms with Crippen LogP contribution in [0.1, 0.15) is 15.9 Å². The van der Waals surface area contributed by atoms with Gasteiger partial charge in [0.05, 0.1) is 25.0 Å². The second-order valence-corrected chi connectivity index (χ2v) is 6.37. The molecule has 3 N–H and O–H groups in total. The Morgan fingerprint density at radius 3 is 2.90 bits per heavy atom. The number of nitrogens with zero attached hydrogens (tertiary/aromatic N) is 4. The summed E-state index contributed by atoms with van der Waals surface area (Å²) in [6.07, 6.45) is 4.94. The Morgan fingerprint density at radius 1 is 1.21 bits per heavy atom. The largest absolute Gasteiger partial charge is 0.395 e. The van der Waals surface area contributed by atoms with Crippen molar-refractivity contribution < 1.29 is 9.90 Å². The Morgan fingerprint density at radius 2 is 2.10 bits per heavy atom. The number of hydrogen-bond acceptors (Lipinski definition) is 6. The van der Waals surface area contributed by atoms with Crippen molar-refractivity contribution in [3.05, 3.63) is 76.6 Å². The van der Waals surface area contributed by atoms with E-state index in [0.717, 1.165) is 5.56 Å². The summed E-state index contributed by atoms with van der Waals surface area (Å²) in [5, 5.41) is 11.5. The molecule has 9 nitrogen and oxygen atoms in total. The molecule has 0 fully saturated rings. The SMILES string of the molecule is O=C(NCCO)c1cccc(-c2cnc3c(n2)[nH]c(=O)n3Cc2cccnc2)c1. The van der Waals surface area contributed by atoms with Crippen LogP contribution in [0.15, 0.2) is 59.8 Å². The van der Waals surface area contributed by atoms with Crippen molar-refractivity contribution in [1.82, 2.24) is 29.8 Å². The standard InChI is InChI=1S/C20H18N6O3/c27-8-7-22-19(28)15-5-1-4-14(9-15)16-11-23-18-17(24-16)25-20(29)26(18)12-13-3-2-6-21-10-13/h1-6,9-11,27H,7-8,12H2,(H,22,28)(H,24,25,29). The van der Waals surface area contributed by atoms with Crippen molar-refractivity contribution in [1.29, 1.82) is 0 Å². The molecule has 4 aromatic rings. The number of aromatic nitrogens is 5. The van der Waals surface area contributed by atoms with Crippen LogP contribution in [0.2, 0.25) is 0 Å². The lowest BCUT2D eigenvalue weighted by molar-refractivity contribution is 0.0945. The number of pyridine rings is 1. The van der Waals surface area contributed by atoms with Gasteiger partial charge < -0.3 is 10.4 Å². The van der Waals surface area contributed by atoms with Gasteiger partial charge in [-0.1, -0.05) is 18.2 Å². The Balaban J connectivity index is 1.67. The summed E-state index contributed by atoms with van der Waals surface area (Å²) in [5.41, 5.74) is 3.05. The van der Waals surface area contributed by atoms with Crippen molar-refractivity contribution in [2.75, 3.05) is 13.2 Å². The fraction of sp³-hybridized carbons (Fsp3) is 0.150. The minimum absolute atomic E-state index is 0.128. The number of aliphatic hydroxyl groups is 1. The van der Waals surface area contributed by atoms with E-state index in [1.54, 1.807) is 36.8 Å². The zero-order valence-electron chi connectivity index (χ0n) is 15.4. The molecule has 0 atom stereocenters. The third kappa shape index (κ3) is 3.90. The predicted octanol–water partition coefficient (Wildman–Crippen LogP) is 0.952. The van der Waals surface area contributed by atoms with E-state index in [2.05, 4.69) is 25.3 Å². The number of fused-ring (bicyclic) bond motifs is 1. The number of imidazole rings is 1. The highest BCUT2D eigenvalue weighted by atomic mass is 16.3. The van der Waals surface area contributed by atoms with E-state index in [0.29, 0.717) is 34.7 Å². The lowest BCUT2D eigenvalue weighted by Crippen LogP contribution is -2.26. The Bertz CT molecular complexity index is 1220. The number of carbonyl (C=O) groups excluding carboxylic acids is 1. The van der Waals surface area contributed by atoms with Crippen LogP contribution in [0, 0.1) is 0 Å². The lowest BCUT2D eigenvalue weighted by Gasteiger charge is -2.06. The molecule has 0 saturated carbocycles. The zero-order chi connectivity index (χ0) is 20.2. The maximum Gasteiger partial charge on any atom is 0.329 e. The van der Waals surface area contributed by atoms with Gasteiger partial charge in [0, 0.05) is 30.1 Å². The van der Waals surface area contributed by atoms with Crippen molar-refractivity contribution >= 4 is 17.2 Å². The van der Waals surface area contributed by atoms with Crippen molar-refractivity contribution in [2.45, 2.75) is 6.54 Å². The first-order chi connectivity index (χ1) is 14.2. The van der Waals surface area contributed by atoms with Gasteiger partial charge in [-0.3, -0.25) is 19.3 Å². The molecule has 0 aliphatic rings. The summed E-state index contributed by atoms with van der Waals surface area (Å²) >= 11 is 0. The first-order valence-electron chi connectivity index (χ1n) is 8.99. The van der Waals surface area contributed by atoms with Crippen LogP contribution < -0.4 is 11.0 Å². The third-order valence-electron chi connectivity index (χ3n) is 4.36. The highest BCUT2D eigenvalue weighted by Gasteiger charge is 2.13. The number of benzene rings is 1. The highest BCUT2D eigenvalue weighted by Crippen LogP contribution is 2.19. The molecule has 3 aromatic heterocycles. The Labute approximate surface area is 165 Å². The summed E-state index contributed by atoms with van der Waals surface area (Å²) in [7, 11) is 0. The van der Waals surface area contributed by atoms with Crippen LogP contribution >= 0.6 is 0 Å². The number of nitrogens with one attached hydrogen (secondary N) is 2. The molecular weight excluding hydrogens is 372 g/mol. The van der Waals surface area contributed by atoms with Crippen LogP contribution in [-0.4, -0.2) is 48.7 Å². The molecule has 0 spiro atoms. The van der Waals surface area contributed by atoms with Crippen LogP contribution in [0.4, 0.5) is 0 Å². The van der Waals surface area contributed by atoms with Crippen LogP contribution in [0.5, 0.6) is 0 Å². The molecule has 0 aliphatic heterocycles.